The van der Waals surface area contributed by atoms with Crippen molar-refractivity contribution in [3.8, 4) is 0 Å². The molecule has 2 heterocycles. The fourth-order valence-corrected chi connectivity index (χ4v) is 4.86. The lowest BCUT2D eigenvalue weighted by atomic mass is 10.1. The van der Waals surface area contributed by atoms with E-state index in [1.165, 1.54) is 17.0 Å². The van der Waals surface area contributed by atoms with Gasteiger partial charge in [0.25, 0.3) is 11.8 Å². The maximum absolute atomic E-state index is 13.0. The Kier molecular flexibility index (Phi) is 6.17. The van der Waals surface area contributed by atoms with Crippen molar-refractivity contribution in [2.75, 3.05) is 23.4 Å². The van der Waals surface area contributed by atoms with Gasteiger partial charge in [-0.25, -0.2) is 13.1 Å². The van der Waals surface area contributed by atoms with Gasteiger partial charge in [0.1, 0.15) is 5.84 Å². The first-order valence-corrected chi connectivity index (χ1v) is 11.8. The average Bonchev–Trinajstić information content (AvgIpc) is 2.78. The van der Waals surface area contributed by atoms with Crippen LogP contribution >= 0.6 is 0 Å². The number of sulfonamides is 1. The van der Waals surface area contributed by atoms with E-state index >= 15 is 0 Å². The number of carbonyl (C=O) groups excluding carboxylic acids is 2. The summed E-state index contributed by atoms with van der Waals surface area (Å²) >= 11 is 0. The molecule has 0 spiro atoms. The number of aliphatic hydroxyl groups excluding tert-OH is 1. The van der Waals surface area contributed by atoms with E-state index in [1.54, 1.807) is 30.3 Å². The zero-order valence-corrected chi connectivity index (χ0v) is 18.3. The minimum absolute atomic E-state index is 0.0883. The molecule has 0 bridgehead atoms. The van der Waals surface area contributed by atoms with Gasteiger partial charge in [-0.3, -0.25) is 15.0 Å². The monoisotopic (exact) mass is 473 g/mol. The molecule has 33 heavy (non-hydrogen) atoms. The average molecular weight is 474 g/mol. The van der Waals surface area contributed by atoms with Gasteiger partial charge >= 0.3 is 0 Å². The molecule has 12 heteroatoms. The molecule has 1 unspecified atom stereocenters. The Balaban J connectivity index is 1.48. The molecule has 2 aromatic carbocycles. The van der Waals surface area contributed by atoms with E-state index in [4.69, 9.17) is 15.9 Å². The number of hydrogen-bond acceptors (Lipinski definition) is 7. The molecule has 0 aliphatic carbocycles. The molecule has 4 rings (SSSR count). The minimum atomic E-state index is -3.42. The maximum atomic E-state index is 13.0. The second-order valence-electron chi connectivity index (χ2n) is 7.74. The summed E-state index contributed by atoms with van der Waals surface area (Å²) in [6, 6.07) is 11.2. The normalized spacial score (nSPS) is 20.6. The van der Waals surface area contributed by atoms with Crippen molar-refractivity contribution in [1.29, 1.82) is 5.41 Å². The molecule has 2 atom stereocenters. The summed E-state index contributed by atoms with van der Waals surface area (Å²) in [5, 5.41) is 20.4. The Morgan fingerprint density at radius 1 is 1.24 bits per heavy atom. The Labute approximate surface area is 190 Å². The van der Waals surface area contributed by atoms with E-state index in [9.17, 15) is 23.1 Å². The van der Waals surface area contributed by atoms with Crippen molar-refractivity contribution < 1.29 is 27.9 Å². The summed E-state index contributed by atoms with van der Waals surface area (Å²) in [6.45, 7) is 0.467. The molecule has 2 aromatic rings. The lowest BCUT2D eigenvalue weighted by molar-refractivity contribution is -0.150. The Morgan fingerprint density at radius 2 is 1.97 bits per heavy atom. The van der Waals surface area contributed by atoms with Crippen LogP contribution in [0.2, 0.25) is 0 Å². The van der Waals surface area contributed by atoms with E-state index in [1.807, 2.05) is 0 Å². The van der Waals surface area contributed by atoms with Gasteiger partial charge in [0.15, 0.2) is 12.2 Å². The standard InChI is InChI=1S/C21H23N5O6S/c22-19(23)12-1-4-15(5-2-12)25-20(28)17(27)18-21(29)26(7-8-32-18)16-6-3-13-10-24-33(30,31)11-14(13)9-16/h1-6,9,17-18,24,27H,7-8,10-11H2,(H3,22,23)(H,25,28)/t17?,18-/m1/s1. The number of rotatable bonds is 5. The van der Waals surface area contributed by atoms with Gasteiger partial charge < -0.3 is 25.8 Å². The number of fused-ring (bicyclic) bond motifs is 1. The summed E-state index contributed by atoms with van der Waals surface area (Å²) in [5.41, 5.74) is 8.11. The van der Waals surface area contributed by atoms with Crippen LogP contribution in [0, 0.1) is 5.41 Å². The fourth-order valence-electron chi connectivity index (χ4n) is 3.71. The highest BCUT2D eigenvalue weighted by atomic mass is 32.2. The van der Waals surface area contributed by atoms with E-state index in [2.05, 4.69) is 10.0 Å². The van der Waals surface area contributed by atoms with Crippen LogP contribution in [0.1, 0.15) is 16.7 Å². The third-order valence-electron chi connectivity index (χ3n) is 5.47. The summed E-state index contributed by atoms with van der Waals surface area (Å²) in [5.74, 6) is -1.74. The first-order valence-electron chi connectivity index (χ1n) is 10.1. The number of amidine groups is 1. The molecular weight excluding hydrogens is 450 g/mol. The zero-order valence-electron chi connectivity index (χ0n) is 17.4. The first-order chi connectivity index (χ1) is 15.6. The lowest BCUT2D eigenvalue weighted by Crippen LogP contribution is -2.55. The van der Waals surface area contributed by atoms with Crippen LogP contribution in [-0.2, 0) is 36.6 Å². The molecule has 0 radical (unpaired) electrons. The quantitative estimate of drug-likeness (QED) is 0.291. The molecule has 6 N–H and O–H groups in total. The third-order valence-corrected chi connectivity index (χ3v) is 6.75. The van der Waals surface area contributed by atoms with Crippen LogP contribution < -0.4 is 20.7 Å². The van der Waals surface area contributed by atoms with Gasteiger partial charge in [-0.15, -0.1) is 0 Å². The predicted molar refractivity (Wildman–Crippen MR) is 120 cm³/mol. The van der Waals surface area contributed by atoms with Crippen molar-refractivity contribution in [2.45, 2.75) is 24.5 Å². The Bertz CT molecular complexity index is 1210. The van der Waals surface area contributed by atoms with Gasteiger partial charge in [-0.05, 0) is 47.5 Å². The number of morpholine rings is 1. The second kappa shape index (κ2) is 8.90. The van der Waals surface area contributed by atoms with Crippen LogP contribution in [-0.4, -0.2) is 56.5 Å². The molecule has 174 valence electrons. The number of nitrogens with one attached hydrogen (secondary N) is 3. The van der Waals surface area contributed by atoms with Crippen LogP contribution in [0.25, 0.3) is 0 Å². The highest BCUT2D eigenvalue weighted by Crippen LogP contribution is 2.27. The molecular formula is C21H23N5O6S. The van der Waals surface area contributed by atoms with E-state index < -0.39 is 34.0 Å². The van der Waals surface area contributed by atoms with E-state index in [0.717, 1.165) is 5.56 Å². The van der Waals surface area contributed by atoms with Crippen molar-refractivity contribution in [3.63, 3.8) is 0 Å². The summed E-state index contributed by atoms with van der Waals surface area (Å²) in [4.78, 5) is 26.9. The maximum Gasteiger partial charge on any atom is 0.259 e. The smallest absolute Gasteiger partial charge is 0.259 e. The predicted octanol–water partition coefficient (Wildman–Crippen LogP) is -0.365. The molecule has 1 fully saturated rings. The summed E-state index contributed by atoms with van der Waals surface area (Å²) < 4.78 is 31.6. The molecule has 0 saturated carbocycles. The topological polar surface area (TPSA) is 175 Å². The number of nitrogens with two attached hydrogens (primary N) is 1. The van der Waals surface area contributed by atoms with Gasteiger partial charge in [0.05, 0.1) is 12.4 Å². The number of nitrogen functional groups attached to an aromatic ring is 1. The Morgan fingerprint density at radius 3 is 2.67 bits per heavy atom. The number of benzene rings is 2. The van der Waals surface area contributed by atoms with Crippen LogP contribution in [0.15, 0.2) is 42.5 Å². The third kappa shape index (κ3) is 4.88. The molecule has 2 amide bonds. The van der Waals surface area contributed by atoms with Crippen LogP contribution in [0.5, 0.6) is 0 Å². The summed E-state index contributed by atoms with van der Waals surface area (Å²) in [7, 11) is -3.42. The van der Waals surface area contributed by atoms with Crippen molar-refractivity contribution >= 4 is 39.0 Å². The lowest BCUT2D eigenvalue weighted by Gasteiger charge is -2.34. The molecule has 0 aromatic heterocycles. The first kappa shape index (κ1) is 22.9. The van der Waals surface area contributed by atoms with Crippen LogP contribution in [0.4, 0.5) is 11.4 Å². The second-order valence-corrected chi connectivity index (χ2v) is 9.55. The zero-order chi connectivity index (χ0) is 23.8. The molecule has 11 nitrogen and oxygen atoms in total. The molecule has 1 saturated heterocycles. The van der Waals surface area contributed by atoms with Gasteiger partial charge in [-0.1, -0.05) is 6.07 Å². The highest BCUT2D eigenvalue weighted by molar-refractivity contribution is 7.88. The number of amides is 2. The Hall–Kier alpha value is -3.32. The number of anilines is 2. The number of nitrogens with zero attached hydrogens (tertiary/aromatic N) is 1. The number of ether oxygens (including phenoxy) is 1. The fraction of sp³-hybridized carbons (Fsp3) is 0.286. The summed E-state index contributed by atoms with van der Waals surface area (Å²) in [6.07, 6.45) is -3.19. The van der Waals surface area contributed by atoms with Crippen molar-refractivity contribution in [3.05, 3.63) is 59.2 Å². The SMILES string of the molecule is N=C(N)c1ccc(NC(=O)C(O)[C@H]2OCCN(c3ccc4c(c3)CS(=O)(=O)NC4)C2=O)cc1. The van der Waals surface area contributed by atoms with Crippen molar-refractivity contribution in [1.82, 2.24) is 4.72 Å². The van der Waals surface area contributed by atoms with Gasteiger partial charge in [0, 0.05) is 30.0 Å². The van der Waals surface area contributed by atoms with Crippen molar-refractivity contribution in [2.24, 2.45) is 5.73 Å². The largest absolute Gasteiger partial charge is 0.384 e. The minimum Gasteiger partial charge on any atom is -0.384 e. The van der Waals surface area contributed by atoms with E-state index in [0.29, 0.717) is 22.5 Å². The molecule has 2 aliphatic rings. The van der Waals surface area contributed by atoms with E-state index in [-0.39, 0.29) is 31.3 Å². The number of carbonyl (C=O) groups is 2. The van der Waals surface area contributed by atoms with Crippen LogP contribution in [0.3, 0.4) is 0 Å². The number of aliphatic hydroxyl groups is 1. The number of hydrogen-bond donors (Lipinski definition) is 5. The van der Waals surface area contributed by atoms with Gasteiger partial charge in [0.2, 0.25) is 10.0 Å². The molecule has 2 aliphatic heterocycles. The van der Waals surface area contributed by atoms with Gasteiger partial charge in [-0.2, -0.15) is 0 Å². The highest BCUT2D eigenvalue weighted by Gasteiger charge is 2.39.